The lowest BCUT2D eigenvalue weighted by Gasteiger charge is -2.34. The zero-order valence-electron chi connectivity index (χ0n) is 40.3. The van der Waals surface area contributed by atoms with Crippen molar-refractivity contribution in [3.05, 3.63) is 76.2 Å². The molecule has 3 N–H and O–H groups in total. The van der Waals surface area contributed by atoms with Crippen molar-refractivity contribution >= 4 is 39.8 Å². The highest BCUT2D eigenvalue weighted by molar-refractivity contribution is 6.00. The lowest BCUT2D eigenvalue weighted by atomic mass is 9.93. The van der Waals surface area contributed by atoms with Gasteiger partial charge in [0.2, 0.25) is 17.8 Å². The van der Waals surface area contributed by atoms with Crippen molar-refractivity contribution < 1.29 is 38.0 Å². The first-order valence-electron chi connectivity index (χ1n) is 25.0. The van der Waals surface area contributed by atoms with Gasteiger partial charge >= 0.3 is 5.69 Å². The maximum absolute atomic E-state index is 16.0. The first kappa shape index (κ1) is 50.3. The molecule has 3 aromatic heterocycles. The van der Waals surface area contributed by atoms with Gasteiger partial charge in [-0.05, 0) is 80.7 Å². The number of aryl methyl sites for hydroxylation is 2. The SMILES string of the molecule is CCCCNc1ncc2c(-c3ccc(CN4CCN(CCOCCOCCOCCOCCCc5ccc6c(c5)n(C)c(=O)n6[C@H]5CCC(=O)NC5=O)CC4)cc3F)cn(C3CCC(O)CC3)c2n1. The van der Waals surface area contributed by atoms with Crippen molar-refractivity contribution in [3.8, 4) is 11.1 Å². The van der Waals surface area contributed by atoms with Crippen LogP contribution in [0.15, 0.2) is 53.6 Å². The van der Waals surface area contributed by atoms with Gasteiger partial charge in [-0.15, -0.1) is 0 Å². The minimum Gasteiger partial charge on any atom is -0.393 e. The standard InChI is InChI=1S/C51H70FN9O8/c1-3-4-17-53-50-54-33-41-42(35-60(48(41)56-50)38-9-11-39(62)12-10-38)40-13-7-37(31-43(40)52)34-59-20-18-58(19-21-59)22-24-67-26-28-69-30-29-68-27-25-66-23-5-6-36-8-14-44-46(32-36)57(2)51(65)61(44)45-15-16-47(63)55-49(45)64/h7-8,13-14,31-33,35,38-39,45,62H,3-6,9-12,15-30,34H2,1-2H3,(H,53,54,56)(H,55,63,64)/t38?,39?,45-/m0/s1. The highest BCUT2D eigenvalue weighted by Gasteiger charge is 2.31. The predicted octanol–water partition coefficient (Wildman–Crippen LogP) is 5.37. The molecule has 8 rings (SSSR count). The smallest absolute Gasteiger partial charge is 0.329 e. The number of piperazine rings is 1. The van der Waals surface area contributed by atoms with E-state index in [1.807, 2.05) is 42.7 Å². The number of imidazole rings is 1. The Balaban J connectivity index is 0.662. The first-order valence-corrected chi connectivity index (χ1v) is 25.0. The van der Waals surface area contributed by atoms with Crippen LogP contribution in [0.5, 0.6) is 0 Å². The fourth-order valence-corrected chi connectivity index (χ4v) is 9.75. The summed E-state index contributed by atoms with van der Waals surface area (Å²) in [7, 11) is 1.70. The van der Waals surface area contributed by atoms with Crippen molar-refractivity contribution in [2.24, 2.45) is 7.05 Å². The quantitative estimate of drug-likeness (QED) is 0.0503. The van der Waals surface area contributed by atoms with Gasteiger partial charge < -0.3 is 33.9 Å². The van der Waals surface area contributed by atoms with E-state index in [1.54, 1.807) is 17.7 Å². The van der Waals surface area contributed by atoms with E-state index in [2.05, 4.69) is 36.9 Å². The van der Waals surface area contributed by atoms with Gasteiger partial charge in [0, 0.05) is 101 Å². The highest BCUT2D eigenvalue weighted by atomic mass is 19.1. The van der Waals surface area contributed by atoms with Crippen LogP contribution in [-0.4, -0.2) is 149 Å². The van der Waals surface area contributed by atoms with Crippen LogP contribution in [0, 0.1) is 5.82 Å². The number of carbonyl (C=O) groups is 2. The molecule has 3 aliphatic rings. The number of benzene rings is 2. The Morgan fingerprint density at radius 1 is 0.797 bits per heavy atom. The number of nitrogens with one attached hydrogen (secondary N) is 2. The second-order valence-corrected chi connectivity index (χ2v) is 18.6. The molecule has 69 heavy (non-hydrogen) atoms. The van der Waals surface area contributed by atoms with Gasteiger partial charge in [-0.1, -0.05) is 31.5 Å². The van der Waals surface area contributed by atoms with Crippen LogP contribution >= 0.6 is 0 Å². The van der Waals surface area contributed by atoms with Gasteiger partial charge in [0.05, 0.1) is 63.4 Å². The summed E-state index contributed by atoms with van der Waals surface area (Å²) in [6, 6.07) is 10.9. The lowest BCUT2D eigenvalue weighted by molar-refractivity contribution is -0.135. The average Bonchev–Trinajstić information content (AvgIpc) is 3.84. The Morgan fingerprint density at radius 2 is 1.49 bits per heavy atom. The topological polar surface area (TPSA) is 179 Å². The maximum atomic E-state index is 16.0. The summed E-state index contributed by atoms with van der Waals surface area (Å²) in [6.45, 7) is 12.3. The highest BCUT2D eigenvalue weighted by Crippen LogP contribution is 2.38. The number of unbranched alkanes of at least 4 members (excludes halogenated alkanes) is 1. The van der Waals surface area contributed by atoms with E-state index in [-0.39, 0.29) is 36.0 Å². The normalized spacial score (nSPS) is 19.5. The molecule has 2 saturated heterocycles. The third kappa shape index (κ3) is 13.0. The number of rotatable bonds is 25. The largest absolute Gasteiger partial charge is 0.393 e. The van der Waals surface area contributed by atoms with Crippen molar-refractivity contribution in [1.29, 1.82) is 0 Å². The number of piperidine rings is 1. The van der Waals surface area contributed by atoms with Crippen LogP contribution in [0.3, 0.4) is 0 Å². The number of hydrogen-bond donors (Lipinski definition) is 3. The molecule has 18 heteroatoms. The molecule has 0 spiro atoms. The minimum absolute atomic E-state index is 0.194. The van der Waals surface area contributed by atoms with E-state index >= 15 is 4.39 Å². The van der Waals surface area contributed by atoms with Crippen LogP contribution in [0.4, 0.5) is 10.3 Å². The third-order valence-corrected chi connectivity index (χ3v) is 13.7. The predicted molar refractivity (Wildman–Crippen MR) is 262 cm³/mol. The average molecular weight is 956 g/mol. The number of aliphatic hydroxyl groups excluding tert-OH is 1. The molecule has 0 bridgehead atoms. The zero-order chi connectivity index (χ0) is 48.1. The molecule has 17 nitrogen and oxygen atoms in total. The minimum atomic E-state index is -0.695. The van der Waals surface area contributed by atoms with Gasteiger partial charge in [-0.2, -0.15) is 4.98 Å². The summed E-state index contributed by atoms with van der Waals surface area (Å²) in [4.78, 5) is 51.4. The summed E-state index contributed by atoms with van der Waals surface area (Å²) >= 11 is 0. The number of amides is 2. The van der Waals surface area contributed by atoms with Crippen molar-refractivity contribution in [3.63, 3.8) is 0 Å². The van der Waals surface area contributed by atoms with E-state index < -0.39 is 11.9 Å². The summed E-state index contributed by atoms with van der Waals surface area (Å²) in [5.74, 6) is -0.405. The molecule has 2 amide bonds. The first-order chi connectivity index (χ1) is 33.7. The number of aliphatic hydroxyl groups is 1. The number of carbonyl (C=O) groups excluding carboxylic acids is 2. The maximum Gasteiger partial charge on any atom is 0.329 e. The van der Waals surface area contributed by atoms with Crippen LogP contribution < -0.4 is 16.3 Å². The number of imide groups is 1. The Labute approximate surface area is 403 Å². The summed E-state index contributed by atoms with van der Waals surface area (Å²) in [5.41, 5.74) is 5.34. The van der Waals surface area contributed by atoms with Gasteiger partial charge in [-0.25, -0.2) is 14.2 Å². The zero-order valence-corrected chi connectivity index (χ0v) is 40.3. The molecule has 2 aromatic carbocycles. The number of halogens is 1. The van der Waals surface area contributed by atoms with E-state index in [1.165, 1.54) is 4.57 Å². The van der Waals surface area contributed by atoms with Gasteiger partial charge in [-0.3, -0.25) is 33.8 Å². The second-order valence-electron chi connectivity index (χ2n) is 18.6. The second kappa shape index (κ2) is 24.7. The van der Waals surface area contributed by atoms with Crippen LogP contribution in [-0.2, 0) is 48.5 Å². The van der Waals surface area contributed by atoms with Crippen LogP contribution in [0.1, 0.15) is 87.9 Å². The Hall–Kier alpha value is -5.08. The lowest BCUT2D eigenvalue weighted by Crippen LogP contribution is -2.46. The van der Waals surface area contributed by atoms with Crippen molar-refractivity contribution in [1.82, 2.24) is 38.8 Å². The molecule has 374 valence electrons. The molecule has 1 saturated carbocycles. The fourth-order valence-electron chi connectivity index (χ4n) is 9.75. The molecule has 1 atom stereocenters. The van der Waals surface area contributed by atoms with E-state index in [4.69, 9.17) is 23.9 Å². The van der Waals surface area contributed by atoms with Gasteiger partial charge in [0.25, 0.3) is 0 Å². The molecule has 1 aliphatic carbocycles. The number of fused-ring (bicyclic) bond motifs is 2. The molecule has 2 aliphatic heterocycles. The summed E-state index contributed by atoms with van der Waals surface area (Å²) < 4.78 is 44.2. The number of anilines is 1. The Bertz CT molecular complexity index is 2550. The number of ether oxygens (including phenoxy) is 4. The molecule has 5 heterocycles. The van der Waals surface area contributed by atoms with Crippen molar-refractivity contribution in [2.75, 3.05) is 97.4 Å². The molecule has 5 aromatic rings. The number of nitrogens with zero attached hydrogens (tertiary/aromatic N) is 7. The van der Waals surface area contributed by atoms with E-state index in [0.717, 1.165) is 124 Å². The molecule has 3 fully saturated rings. The Kier molecular flexibility index (Phi) is 18.0. The molecular weight excluding hydrogens is 886 g/mol. The third-order valence-electron chi connectivity index (χ3n) is 13.7. The number of hydrogen-bond acceptors (Lipinski definition) is 13. The van der Waals surface area contributed by atoms with Crippen LogP contribution in [0.2, 0.25) is 0 Å². The summed E-state index contributed by atoms with van der Waals surface area (Å²) in [5, 5.41) is 16.7. The molecule has 0 radical (unpaired) electrons. The van der Waals surface area contributed by atoms with E-state index in [9.17, 15) is 19.5 Å². The van der Waals surface area contributed by atoms with E-state index in [0.29, 0.717) is 82.8 Å². The van der Waals surface area contributed by atoms with Gasteiger partial charge in [0.1, 0.15) is 17.5 Å². The molecular formula is C51H70FN9O8. The molecule has 0 unspecified atom stereocenters. The fraction of sp³-hybridized carbons (Fsp3) is 0.588. The van der Waals surface area contributed by atoms with Crippen molar-refractivity contribution in [2.45, 2.75) is 95.9 Å². The summed E-state index contributed by atoms with van der Waals surface area (Å²) in [6.07, 6.45) is 11.0. The van der Waals surface area contributed by atoms with Gasteiger partial charge in [0.15, 0.2) is 0 Å². The van der Waals surface area contributed by atoms with Crippen LogP contribution in [0.25, 0.3) is 33.2 Å². The number of aromatic nitrogens is 5. The Morgan fingerprint density at radius 3 is 2.20 bits per heavy atom. The monoisotopic (exact) mass is 956 g/mol.